The summed E-state index contributed by atoms with van der Waals surface area (Å²) in [7, 11) is 0. The Morgan fingerprint density at radius 2 is 2.00 bits per heavy atom. The SMILES string of the molecule is CC1CN(Cc2ccc(C(=O)Nc3cc(-c4cccs4)[nH]n3)cc2)CC(C)O1. The lowest BCUT2D eigenvalue weighted by molar-refractivity contribution is -0.0704. The number of benzene rings is 1. The normalized spacial score (nSPS) is 20.2. The molecule has 1 aliphatic rings. The van der Waals surface area contributed by atoms with Crippen LogP contribution in [-0.2, 0) is 11.3 Å². The van der Waals surface area contributed by atoms with Crippen LogP contribution in [0.3, 0.4) is 0 Å². The van der Waals surface area contributed by atoms with Crippen LogP contribution in [0.15, 0.2) is 47.8 Å². The first-order valence-electron chi connectivity index (χ1n) is 9.44. The van der Waals surface area contributed by atoms with Gasteiger partial charge in [-0.05, 0) is 43.0 Å². The number of nitrogens with zero attached hydrogens (tertiary/aromatic N) is 2. The molecule has 4 rings (SSSR count). The first kappa shape index (κ1) is 18.9. The topological polar surface area (TPSA) is 70.2 Å². The molecule has 7 heteroatoms. The van der Waals surface area contributed by atoms with Crippen molar-refractivity contribution in [2.45, 2.75) is 32.6 Å². The van der Waals surface area contributed by atoms with E-state index in [1.807, 2.05) is 47.8 Å². The Balaban J connectivity index is 1.36. The average Bonchev–Trinajstić information content (AvgIpc) is 3.33. The highest BCUT2D eigenvalue weighted by Crippen LogP contribution is 2.24. The fourth-order valence-electron chi connectivity index (χ4n) is 3.57. The summed E-state index contributed by atoms with van der Waals surface area (Å²) >= 11 is 1.62. The summed E-state index contributed by atoms with van der Waals surface area (Å²) in [5.74, 6) is 0.359. The van der Waals surface area contributed by atoms with Crippen molar-refractivity contribution in [1.29, 1.82) is 0 Å². The lowest BCUT2D eigenvalue weighted by atomic mass is 10.1. The van der Waals surface area contributed by atoms with Crippen molar-refractivity contribution in [2.24, 2.45) is 0 Å². The van der Waals surface area contributed by atoms with Gasteiger partial charge in [0.1, 0.15) is 0 Å². The monoisotopic (exact) mass is 396 g/mol. The molecular formula is C21H24N4O2S. The molecule has 2 aromatic heterocycles. The van der Waals surface area contributed by atoms with E-state index in [0.717, 1.165) is 30.2 Å². The molecule has 146 valence electrons. The number of aromatic amines is 1. The van der Waals surface area contributed by atoms with Crippen molar-refractivity contribution in [3.05, 3.63) is 59.0 Å². The van der Waals surface area contributed by atoms with Gasteiger partial charge in [0.05, 0.1) is 22.8 Å². The summed E-state index contributed by atoms with van der Waals surface area (Å²) < 4.78 is 5.78. The summed E-state index contributed by atoms with van der Waals surface area (Å²) in [4.78, 5) is 16.0. The Kier molecular flexibility index (Phi) is 5.57. The molecule has 3 aromatic rings. The third kappa shape index (κ3) is 4.49. The van der Waals surface area contributed by atoms with Gasteiger partial charge < -0.3 is 10.1 Å². The molecule has 6 nitrogen and oxygen atoms in total. The van der Waals surface area contributed by atoms with Crippen molar-refractivity contribution in [1.82, 2.24) is 15.1 Å². The van der Waals surface area contributed by atoms with Crippen molar-refractivity contribution in [2.75, 3.05) is 18.4 Å². The van der Waals surface area contributed by atoms with Crippen LogP contribution in [0.4, 0.5) is 5.82 Å². The second kappa shape index (κ2) is 8.26. The number of ether oxygens (including phenoxy) is 1. The molecule has 2 unspecified atom stereocenters. The summed E-state index contributed by atoms with van der Waals surface area (Å²) in [5, 5.41) is 12.0. The Bertz CT molecular complexity index is 910. The first-order chi connectivity index (χ1) is 13.6. The number of hydrogen-bond donors (Lipinski definition) is 2. The van der Waals surface area contributed by atoms with Gasteiger partial charge in [-0.1, -0.05) is 18.2 Å². The Morgan fingerprint density at radius 3 is 2.68 bits per heavy atom. The molecule has 2 N–H and O–H groups in total. The van der Waals surface area contributed by atoms with Gasteiger partial charge in [-0.2, -0.15) is 5.10 Å². The number of hydrogen-bond acceptors (Lipinski definition) is 5. The van der Waals surface area contributed by atoms with Gasteiger partial charge in [-0.25, -0.2) is 0 Å². The molecule has 1 aromatic carbocycles. The number of amides is 1. The summed E-state index contributed by atoms with van der Waals surface area (Å²) in [6.07, 6.45) is 0.503. The Hall–Kier alpha value is -2.48. The van der Waals surface area contributed by atoms with E-state index in [9.17, 15) is 4.79 Å². The molecule has 0 bridgehead atoms. The smallest absolute Gasteiger partial charge is 0.256 e. The summed E-state index contributed by atoms with van der Waals surface area (Å²) in [6, 6.07) is 13.6. The van der Waals surface area contributed by atoms with Gasteiger partial charge in [0.15, 0.2) is 5.82 Å². The molecule has 0 aliphatic carbocycles. The number of anilines is 1. The lowest BCUT2D eigenvalue weighted by Gasteiger charge is -2.35. The highest BCUT2D eigenvalue weighted by atomic mass is 32.1. The van der Waals surface area contributed by atoms with Crippen molar-refractivity contribution >= 4 is 23.1 Å². The van der Waals surface area contributed by atoms with Crippen LogP contribution in [0.25, 0.3) is 10.6 Å². The quantitative estimate of drug-likeness (QED) is 0.684. The minimum absolute atomic E-state index is 0.163. The lowest BCUT2D eigenvalue weighted by Crippen LogP contribution is -2.44. The maximum Gasteiger partial charge on any atom is 0.256 e. The Labute approximate surface area is 168 Å². The van der Waals surface area contributed by atoms with E-state index >= 15 is 0 Å². The van der Waals surface area contributed by atoms with Crippen LogP contribution < -0.4 is 5.32 Å². The van der Waals surface area contributed by atoms with Crippen molar-refractivity contribution in [3.8, 4) is 10.6 Å². The van der Waals surface area contributed by atoms with Gasteiger partial charge in [0.2, 0.25) is 0 Å². The molecule has 1 saturated heterocycles. The van der Waals surface area contributed by atoms with Gasteiger partial charge in [0.25, 0.3) is 5.91 Å². The van der Waals surface area contributed by atoms with E-state index < -0.39 is 0 Å². The van der Waals surface area contributed by atoms with Crippen molar-refractivity contribution in [3.63, 3.8) is 0 Å². The molecule has 1 amide bonds. The number of rotatable bonds is 5. The zero-order chi connectivity index (χ0) is 19.5. The van der Waals surface area contributed by atoms with Crippen LogP contribution in [0.1, 0.15) is 29.8 Å². The largest absolute Gasteiger partial charge is 0.373 e. The zero-order valence-electron chi connectivity index (χ0n) is 16.0. The Morgan fingerprint density at radius 1 is 1.25 bits per heavy atom. The van der Waals surface area contributed by atoms with Crippen LogP contribution in [0, 0.1) is 0 Å². The third-order valence-corrected chi connectivity index (χ3v) is 5.63. The van der Waals surface area contributed by atoms with E-state index in [-0.39, 0.29) is 18.1 Å². The molecule has 28 heavy (non-hydrogen) atoms. The maximum absolute atomic E-state index is 12.5. The van der Waals surface area contributed by atoms with Crippen LogP contribution in [0.5, 0.6) is 0 Å². The minimum Gasteiger partial charge on any atom is -0.373 e. The standard InChI is InChI=1S/C21H24N4O2S/c1-14-11-25(12-15(2)27-14)13-16-5-7-17(8-6-16)21(26)22-20-10-18(23-24-20)19-4-3-9-28-19/h3-10,14-15H,11-13H2,1-2H3,(H2,22,23,24,26). The van der Waals surface area contributed by atoms with Crippen molar-refractivity contribution < 1.29 is 9.53 Å². The number of H-pyrrole nitrogens is 1. The van der Waals surface area contributed by atoms with Gasteiger partial charge in [-0.15, -0.1) is 11.3 Å². The number of aromatic nitrogens is 2. The molecule has 0 saturated carbocycles. The fourth-order valence-corrected chi connectivity index (χ4v) is 4.26. The summed E-state index contributed by atoms with van der Waals surface area (Å²) in [6.45, 7) is 6.93. The van der Waals surface area contributed by atoms with E-state index in [0.29, 0.717) is 11.4 Å². The van der Waals surface area contributed by atoms with Crippen LogP contribution >= 0.6 is 11.3 Å². The second-order valence-corrected chi connectivity index (χ2v) is 8.19. The second-order valence-electron chi connectivity index (χ2n) is 7.25. The summed E-state index contributed by atoms with van der Waals surface area (Å²) in [5.41, 5.74) is 2.71. The molecule has 2 atom stereocenters. The number of carbonyl (C=O) groups excluding carboxylic acids is 1. The molecule has 3 heterocycles. The fraction of sp³-hybridized carbons (Fsp3) is 0.333. The molecule has 0 spiro atoms. The molecule has 1 fully saturated rings. The first-order valence-corrected chi connectivity index (χ1v) is 10.3. The predicted octanol–water partition coefficient (Wildman–Crippen LogP) is 4.00. The van der Waals surface area contributed by atoms with Crippen LogP contribution in [-0.4, -0.2) is 46.3 Å². The van der Waals surface area contributed by atoms with E-state index in [2.05, 4.69) is 34.3 Å². The third-order valence-electron chi connectivity index (χ3n) is 4.72. The zero-order valence-corrected chi connectivity index (χ0v) is 16.8. The number of morpholine rings is 1. The van der Waals surface area contributed by atoms with Gasteiger partial charge in [-0.3, -0.25) is 14.8 Å². The van der Waals surface area contributed by atoms with Gasteiger partial charge >= 0.3 is 0 Å². The molecule has 0 radical (unpaired) electrons. The minimum atomic E-state index is -0.163. The highest BCUT2D eigenvalue weighted by Gasteiger charge is 2.22. The molecule has 1 aliphatic heterocycles. The number of nitrogens with one attached hydrogen (secondary N) is 2. The van der Waals surface area contributed by atoms with Gasteiger partial charge in [0, 0.05) is 31.3 Å². The van der Waals surface area contributed by atoms with E-state index in [1.54, 1.807) is 11.3 Å². The number of carbonyl (C=O) groups is 1. The average molecular weight is 397 g/mol. The van der Waals surface area contributed by atoms with E-state index in [4.69, 9.17) is 4.74 Å². The van der Waals surface area contributed by atoms with E-state index in [1.165, 1.54) is 5.56 Å². The predicted molar refractivity (Wildman–Crippen MR) is 112 cm³/mol. The van der Waals surface area contributed by atoms with Crippen LogP contribution in [0.2, 0.25) is 0 Å². The maximum atomic E-state index is 12.5. The number of thiophene rings is 1. The molecular weight excluding hydrogens is 372 g/mol. The highest BCUT2D eigenvalue weighted by molar-refractivity contribution is 7.13.